The minimum absolute atomic E-state index is 0.0101. The Balaban J connectivity index is 2.33. The molecule has 7 heteroatoms. The van der Waals surface area contributed by atoms with Gasteiger partial charge in [0.2, 0.25) is 0 Å². The first-order valence-electron chi connectivity index (χ1n) is 6.23. The molecule has 1 amide bonds. The van der Waals surface area contributed by atoms with Crippen LogP contribution in [0.2, 0.25) is 0 Å². The summed E-state index contributed by atoms with van der Waals surface area (Å²) >= 11 is 0. The van der Waals surface area contributed by atoms with Crippen molar-refractivity contribution in [2.24, 2.45) is 5.11 Å². The quantitative estimate of drug-likeness (QED) is 0.641. The van der Waals surface area contributed by atoms with E-state index in [1.807, 2.05) is 0 Å². The van der Waals surface area contributed by atoms with Crippen LogP contribution in [-0.4, -0.2) is 29.2 Å². The van der Waals surface area contributed by atoms with Crippen LogP contribution in [0.15, 0.2) is 17.2 Å². The predicted molar refractivity (Wildman–Crippen MR) is 70.4 cm³/mol. The van der Waals surface area contributed by atoms with Crippen molar-refractivity contribution in [2.75, 3.05) is 12.3 Å². The first-order valence-corrected chi connectivity index (χ1v) is 6.23. The highest BCUT2D eigenvalue weighted by molar-refractivity contribution is 5.97. The molecule has 20 heavy (non-hydrogen) atoms. The summed E-state index contributed by atoms with van der Waals surface area (Å²) < 4.78 is 13.9. The Hall–Kier alpha value is -2.31. The molecule has 0 saturated carbocycles. The fourth-order valence-corrected chi connectivity index (χ4v) is 2.30. The number of nitrogens with zero attached hydrogens (tertiary/aromatic N) is 2. The predicted octanol–water partition coefficient (Wildman–Crippen LogP) is 2.26. The Morgan fingerprint density at radius 1 is 1.55 bits per heavy atom. The molecule has 1 fully saturated rings. The highest BCUT2D eigenvalue weighted by Gasteiger charge is 2.29. The number of hydrogen-bond donors (Lipinski definition) is 2. The van der Waals surface area contributed by atoms with Gasteiger partial charge in [-0.3, -0.25) is 9.59 Å². The molecule has 1 heterocycles. The summed E-state index contributed by atoms with van der Waals surface area (Å²) in [4.78, 5) is 25.1. The molecule has 1 saturated heterocycles. The van der Waals surface area contributed by atoms with E-state index < -0.39 is 11.7 Å². The van der Waals surface area contributed by atoms with E-state index in [0.29, 0.717) is 0 Å². The van der Waals surface area contributed by atoms with E-state index in [4.69, 9.17) is 11.3 Å². The number of halogens is 1. The van der Waals surface area contributed by atoms with Crippen LogP contribution < -0.4 is 5.73 Å². The fourth-order valence-electron chi connectivity index (χ4n) is 2.30. The monoisotopic (exact) mass is 278 g/mol. The summed E-state index contributed by atoms with van der Waals surface area (Å²) in [5.74, 6) is -1.16. The molecular formula is C13H15FN4O2. The van der Waals surface area contributed by atoms with E-state index in [-0.39, 0.29) is 48.1 Å². The molecule has 3 N–H and O–H groups in total. The number of hydrogen-bond acceptors (Lipinski definition) is 5. The van der Waals surface area contributed by atoms with Crippen LogP contribution in [0.3, 0.4) is 0 Å². The summed E-state index contributed by atoms with van der Waals surface area (Å²) in [5.41, 5.74) is 12.3. The molecule has 106 valence electrons. The van der Waals surface area contributed by atoms with Crippen LogP contribution in [0.5, 0.6) is 0 Å². The van der Waals surface area contributed by atoms with Crippen molar-refractivity contribution in [1.82, 2.24) is 4.90 Å². The van der Waals surface area contributed by atoms with Gasteiger partial charge < -0.3 is 10.6 Å². The summed E-state index contributed by atoms with van der Waals surface area (Å²) in [5, 5.41) is 3.16. The second-order valence-electron chi connectivity index (χ2n) is 4.84. The first-order chi connectivity index (χ1) is 9.43. The molecule has 0 aliphatic carbocycles. The van der Waals surface area contributed by atoms with E-state index in [1.54, 1.807) is 6.92 Å². The molecule has 1 aliphatic heterocycles. The number of anilines is 1. The zero-order chi connectivity index (χ0) is 14.9. The van der Waals surface area contributed by atoms with Crippen molar-refractivity contribution < 1.29 is 14.0 Å². The van der Waals surface area contributed by atoms with Crippen LogP contribution in [-0.2, 0) is 4.79 Å². The van der Waals surface area contributed by atoms with Crippen molar-refractivity contribution >= 4 is 23.1 Å². The van der Waals surface area contributed by atoms with Crippen molar-refractivity contribution in [3.63, 3.8) is 0 Å². The van der Waals surface area contributed by atoms with Crippen LogP contribution in [0.4, 0.5) is 15.8 Å². The largest absolute Gasteiger partial charge is 0.397 e. The zero-order valence-electron chi connectivity index (χ0n) is 11.0. The smallest absolute Gasteiger partial charge is 0.257 e. The topological polar surface area (TPSA) is 99.6 Å². The van der Waals surface area contributed by atoms with Crippen molar-refractivity contribution in [2.45, 2.75) is 25.8 Å². The molecule has 0 spiro atoms. The Kier molecular flexibility index (Phi) is 3.78. The van der Waals surface area contributed by atoms with Crippen LogP contribution in [0, 0.1) is 11.3 Å². The molecular weight excluding hydrogens is 263 g/mol. The Labute approximate surface area is 115 Å². The SMILES string of the molecule is C[C@@H]1CC(=O)CCN1C(=O)c1cc(N=N)c(N)cc1F. The molecule has 1 aromatic rings. The van der Waals surface area contributed by atoms with E-state index >= 15 is 0 Å². The number of likely N-dealkylation sites (tertiary alicyclic amines) is 1. The average Bonchev–Trinajstić information content (AvgIpc) is 2.38. The molecule has 0 radical (unpaired) electrons. The van der Waals surface area contributed by atoms with Crippen molar-refractivity contribution in [1.29, 1.82) is 5.53 Å². The number of nitrogens with one attached hydrogen (secondary N) is 1. The number of carbonyl (C=O) groups excluding carboxylic acids is 2. The van der Waals surface area contributed by atoms with E-state index in [9.17, 15) is 14.0 Å². The lowest BCUT2D eigenvalue weighted by Gasteiger charge is -2.32. The van der Waals surface area contributed by atoms with Crippen LogP contribution in [0.25, 0.3) is 0 Å². The van der Waals surface area contributed by atoms with Gasteiger partial charge in [-0.25, -0.2) is 9.92 Å². The third-order valence-corrected chi connectivity index (χ3v) is 3.41. The number of amides is 1. The molecule has 0 unspecified atom stereocenters. The number of nitrogen functional groups attached to an aromatic ring is 1. The van der Waals surface area contributed by atoms with Gasteiger partial charge in [0, 0.05) is 25.4 Å². The Bertz CT molecular complexity index is 588. The van der Waals surface area contributed by atoms with Gasteiger partial charge in [-0.05, 0) is 19.1 Å². The highest BCUT2D eigenvalue weighted by atomic mass is 19.1. The third-order valence-electron chi connectivity index (χ3n) is 3.41. The molecule has 0 bridgehead atoms. The number of rotatable bonds is 2. The van der Waals surface area contributed by atoms with Crippen LogP contribution in [0.1, 0.15) is 30.1 Å². The van der Waals surface area contributed by atoms with E-state index in [0.717, 1.165) is 6.07 Å². The lowest BCUT2D eigenvalue weighted by Crippen LogP contribution is -2.45. The maximum atomic E-state index is 13.9. The fraction of sp³-hybridized carbons (Fsp3) is 0.385. The van der Waals surface area contributed by atoms with Crippen LogP contribution >= 0.6 is 0 Å². The lowest BCUT2D eigenvalue weighted by molar-refractivity contribution is -0.122. The average molecular weight is 278 g/mol. The third kappa shape index (κ3) is 2.52. The molecule has 2 rings (SSSR count). The summed E-state index contributed by atoms with van der Waals surface area (Å²) in [7, 11) is 0. The minimum atomic E-state index is -0.746. The molecule has 1 aromatic carbocycles. The normalized spacial score (nSPS) is 19.0. The Morgan fingerprint density at radius 3 is 2.85 bits per heavy atom. The highest BCUT2D eigenvalue weighted by Crippen LogP contribution is 2.27. The second-order valence-corrected chi connectivity index (χ2v) is 4.84. The van der Waals surface area contributed by atoms with Gasteiger partial charge >= 0.3 is 0 Å². The van der Waals surface area contributed by atoms with E-state index in [2.05, 4.69) is 5.11 Å². The number of ketones is 1. The maximum absolute atomic E-state index is 13.9. The number of nitrogens with two attached hydrogens (primary N) is 1. The first kappa shape index (κ1) is 14.1. The lowest BCUT2D eigenvalue weighted by atomic mass is 10.0. The number of benzene rings is 1. The Morgan fingerprint density at radius 2 is 2.25 bits per heavy atom. The van der Waals surface area contributed by atoms with Crippen molar-refractivity contribution in [3.05, 3.63) is 23.5 Å². The van der Waals surface area contributed by atoms with Gasteiger partial charge in [-0.2, -0.15) is 5.11 Å². The molecule has 0 aromatic heterocycles. The van der Waals surface area contributed by atoms with Gasteiger partial charge in [0.05, 0.1) is 11.3 Å². The number of piperidine rings is 1. The minimum Gasteiger partial charge on any atom is -0.397 e. The van der Waals surface area contributed by atoms with Gasteiger partial charge in [0.15, 0.2) is 0 Å². The number of Topliss-reactive ketones (excluding diaryl/α,β-unsaturated/α-hetero) is 1. The van der Waals surface area contributed by atoms with Gasteiger partial charge in [0.1, 0.15) is 17.3 Å². The summed E-state index contributed by atoms with van der Waals surface area (Å²) in [6.45, 7) is 2.02. The van der Waals surface area contributed by atoms with E-state index in [1.165, 1.54) is 11.0 Å². The maximum Gasteiger partial charge on any atom is 0.257 e. The zero-order valence-corrected chi connectivity index (χ0v) is 11.0. The summed E-state index contributed by atoms with van der Waals surface area (Å²) in [6.07, 6.45) is 0.556. The van der Waals surface area contributed by atoms with Gasteiger partial charge in [-0.15, -0.1) is 0 Å². The molecule has 1 aliphatic rings. The molecule has 1 atom stereocenters. The molecule has 6 nitrogen and oxygen atoms in total. The summed E-state index contributed by atoms with van der Waals surface area (Å²) in [6, 6.07) is 1.89. The van der Waals surface area contributed by atoms with Gasteiger partial charge in [-0.1, -0.05) is 0 Å². The van der Waals surface area contributed by atoms with Gasteiger partial charge in [0.25, 0.3) is 5.91 Å². The standard InChI is InChI=1S/C13H15FN4O2/c1-7-4-8(19)2-3-18(7)13(20)9-5-12(17-16)11(15)6-10(9)14/h5-7,16H,2-4,15H2,1H3/t7-/m1/s1. The second kappa shape index (κ2) is 5.36. The van der Waals surface area contributed by atoms with Crippen molar-refractivity contribution in [3.8, 4) is 0 Å². The number of carbonyl (C=O) groups is 2.